The van der Waals surface area contributed by atoms with E-state index in [0.717, 1.165) is 86.8 Å². The molecule has 8 rings (SSSR count). The van der Waals surface area contributed by atoms with Gasteiger partial charge in [0.25, 0.3) is 5.91 Å². The fourth-order valence-electron chi connectivity index (χ4n) is 9.20. The van der Waals surface area contributed by atoms with Gasteiger partial charge in [-0.1, -0.05) is 74.5 Å². The van der Waals surface area contributed by atoms with Gasteiger partial charge in [-0.05, 0) is 110 Å². The topological polar surface area (TPSA) is 231 Å². The Morgan fingerprint density at radius 1 is 0.687 bits per heavy atom. The number of fused-ring (bicyclic) bond motifs is 2. The lowest BCUT2D eigenvalue weighted by atomic mass is 9.68. The zero-order valence-corrected chi connectivity index (χ0v) is 39.2. The van der Waals surface area contributed by atoms with Crippen molar-refractivity contribution in [3.8, 4) is 23.9 Å². The van der Waals surface area contributed by atoms with E-state index in [9.17, 15) is 9.59 Å². The molecule has 354 valence electrons. The highest BCUT2D eigenvalue weighted by Gasteiger charge is 2.38. The summed E-state index contributed by atoms with van der Waals surface area (Å²) in [7, 11) is 3.33. The highest BCUT2D eigenvalue weighted by atomic mass is 16.5. The van der Waals surface area contributed by atoms with Crippen LogP contribution in [0.15, 0.2) is 107 Å². The van der Waals surface area contributed by atoms with Crippen LogP contribution >= 0.6 is 0 Å². The van der Waals surface area contributed by atoms with Crippen molar-refractivity contribution in [2.75, 3.05) is 40.4 Å². The number of guanidine groups is 2. The highest BCUT2D eigenvalue weighted by molar-refractivity contribution is 5.94. The van der Waals surface area contributed by atoms with Gasteiger partial charge in [-0.3, -0.25) is 25.4 Å². The summed E-state index contributed by atoms with van der Waals surface area (Å²) in [5.74, 6) is 1.81. The molecule has 4 aromatic carbocycles. The molecular formula is C52H66N10O5. The molecule has 2 aliphatic carbocycles. The molecule has 4 aliphatic rings. The average molecular weight is 911 g/mol. The molecule has 2 saturated carbocycles. The Balaban J connectivity index is 0.000000205. The van der Waals surface area contributed by atoms with Crippen molar-refractivity contribution in [2.45, 2.75) is 101 Å². The third kappa shape index (κ3) is 13.7. The number of nitrogens with two attached hydrogens (primary N) is 1. The number of aliphatic imine (C=N–C) groups is 2. The Kier molecular flexibility index (Phi) is 19.4. The van der Waals surface area contributed by atoms with E-state index in [4.69, 9.17) is 30.8 Å². The molecule has 4 aromatic rings. The van der Waals surface area contributed by atoms with Crippen molar-refractivity contribution in [1.29, 1.82) is 10.5 Å². The van der Waals surface area contributed by atoms with E-state index in [1.807, 2.05) is 56.6 Å². The first-order valence-electron chi connectivity index (χ1n) is 23.3. The molecular weight excluding hydrogens is 845 g/mol. The van der Waals surface area contributed by atoms with Crippen LogP contribution in [0.4, 0.5) is 0 Å². The van der Waals surface area contributed by atoms with Gasteiger partial charge in [-0.25, -0.2) is 4.79 Å². The molecule has 15 heteroatoms. The van der Waals surface area contributed by atoms with Crippen LogP contribution < -0.4 is 41.8 Å². The molecule has 0 atom stereocenters. The lowest BCUT2D eigenvalue weighted by molar-refractivity contribution is 0.0696. The fraction of sp³-hybridized carbons (Fsp3) is 0.423. The molecule has 0 unspecified atom stereocenters. The number of carboxylic acid groups (broad SMARTS) is 1. The number of hydrogen-bond acceptors (Lipinski definition) is 9. The Bertz CT molecular complexity index is 2360. The van der Waals surface area contributed by atoms with Gasteiger partial charge in [-0.15, -0.1) is 0 Å². The van der Waals surface area contributed by atoms with Crippen molar-refractivity contribution in [3.05, 3.63) is 130 Å². The van der Waals surface area contributed by atoms with E-state index >= 15 is 0 Å². The van der Waals surface area contributed by atoms with Crippen LogP contribution in [-0.2, 0) is 23.7 Å². The summed E-state index contributed by atoms with van der Waals surface area (Å²) in [5.41, 5.74) is 11.8. The summed E-state index contributed by atoms with van der Waals surface area (Å²) in [6.45, 7) is 6.61. The average Bonchev–Trinajstić information content (AvgIpc) is 4.07. The maximum absolute atomic E-state index is 13.0. The molecule has 0 spiro atoms. The third-order valence-electron chi connectivity index (χ3n) is 13.0. The number of hydrogen-bond donors (Lipinski definition) is 7. The summed E-state index contributed by atoms with van der Waals surface area (Å²) >= 11 is 0. The first-order valence-corrected chi connectivity index (χ1v) is 23.3. The number of nitriles is 2. The lowest BCUT2D eigenvalue weighted by Gasteiger charge is -2.41. The number of ether oxygens (including phenoxy) is 2. The number of carbonyl (C=O) groups is 2. The van der Waals surface area contributed by atoms with Crippen molar-refractivity contribution >= 4 is 23.8 Å². The zero-order valence-electron chi connectivity index (χ0n) is 39.2. The number of carboxylic acids is 1. The third-order valence-corrected chi connectivity index (χ3v) is 13.0. The molecule has 67 heavy (non-hydrogen) atoms. The van der Waals surface area contributed by atoms with Crippen molar-refractivity contribution < 1.29 is 24.2 Å². The molecule has 2 fully saturated rings. The number of carbonyl (C=O) groups excluding carboxylic acids is 1. The summed E-state index contributed by atoms with van der Waals surface area (Å²) in [5, 5.41) is 41.2. The van der Waals surface area contributed by atoms with E-state index in [1.165, 1.54) is 11.1 Å². The standard InChI is InChI=1S/C25H29N5O2.C16H23N5.C9H8O3.C2H6/c1-27-24(29-17-26)30-21-9-12-25(13-10-21,20-5-3-2-4-6-20)16-28-23(31)19-7-8-22-18(15-19)11-14-32-22;1-19-15(20-12-18)21-14-7-9-16(11-17,10-8-14)13-5-3-2-4-6-13;10-9(11)7-1-2-8-6(5-7)3-4-12-8;1-2/h2-8,15,21H,9-14,16H2,1H3,(H,28,31)(H2,27,29,30);2-6,14H,7-11,17H2,1H3,(H2,19,20,21);1-2,5H,3-4H2,(H,10,11);1-2H3. The number of aromatic carboxylic acids is 1. The van der Waals surface area contributed by atoms with Crippen LogP contribution in [0.25, 0.3) is 0 Å². The number of nitrogens with zero attached hydrogens (tertiary/aromatic N) is 4. The van der Waals surface area contributed by atoms with Gasteiger partial charge in [0.2, 0.25) is 11.9 Å². The second-order valence-corrected chi connectivity index (χ2v) is 16.8. The van der Waals surface area contributed by atoms with E-state index in [2.05, 4.69) is 85.1 Å². The molecule has 0 saturated heterocycles. The van der Waals surface area contributed by atoms with Gasteiger partial charge in [0.15, 0.2) is 12.4 Å². The Labute approximate surface area is 395 Å². The predicted octanol–water partition coefficient (Wildman–Crippen LogP) is 6.70. The van der Waals surface area contributed by atoms with Crippen LogP contribution in [0.3, 0.4) is 0 Å². The maximum Gasteiger partial charge on any atom is 0.335 e. The van der Waals surface area contributed by atoms with E-state index in [0.29, 0.717) is 55.4 Å². The van der Waals surface area contributed by atoms with Crippen LogP contribution in [-0.4, -0.2) is 81.4 Å². The van der Waals surface area contributed by atoms with Gasteiger partial charge >= 0.3 is 5.97 Å². The summed E-state index contributed by atoms with van der Waals surface area (Å²) < 4.78 is 10.8. The Hall–Kier alpha value is -7.10. The fourth-order valence-corrected chi connectivity index (χ4v) is 9.20. The quantitative estimate of drug-likeness (QED) is 0.0403. The van der Waals surface area contributed by atoms with E-state index in [-0.39, 0.29) is 22.8 Å². The largest absolute Gasteiger partial charge is 0.493 e. The van der Waals surface area contributed by atoms with E-state index < -0.39 is 5.97 Å². The number of nitrogens with one attached hydrogen (secondary N) is 5. The highest BCUT2D eigenvalue weighted by Crippen LogP contribution is 2.40. The normalized spacial score (nSPS) is 21.3. The second-order valence-electron chi connectivity index (χ2n) is 16.8. The first kappa shape index (κ1) is 50.9. The Morgan fingerprint density at radius 2 is 1.12 bits per heavy atom. The molecule has 2 heterocycles. The molecule has 0 radical (unpaired) electrons. The van der Waals surface area contributed by atoms with Crippen LogP contribution in [0.5, 0.6) is 11.5 Å². The number of amides is 1. The van der Waals surface area contributed by atoms with Crippen LogP contribution in [0.1, 0.15) is 108 Å². The van der Waals surface area contributed by atoms with Gasteiger partial charge < -0.3 is 36.3 Å². The predicted molar refractivity (Wildman–Crippen MR) is 262 cm³/mol. The zero-order chi connectivity index (χ0) is 48.1. The van der Waals surface area contributed by atoms with Crippen LogP contribution in [0.2, 0.25) is 0 Å². The number of rotatable bonds is 9. The van der Waals surface area contributed by atoms with E-state index in [1.54, 1.807) is 32.3 Å². The SMILES string of the molecule is CC.CN=C(NC#N)NC1CCC(CN)(c2ccccc2)CC1.CN=C(NC#N)NC1CCC(CNC(=O)c2ccc3c(c2)CCO3)(c2ccccc2)CC1.O=C(O)c1ccc2c(c1)CCO2. The number of benzene rings is 4. The maximum atomic E-state index is 13.0. The molecule has 0 aromatic heterocycles. The van der Waals surface area contributed by atoms with Crippen molar-refractivity contribution in [2.24, 2.45) is 15.7 Å². The Morgan fingerprint density at radius 3 is 1.55 bits per heavy atom. The first-order chi connectivity index (χ1) is 32.6. The van der Waals surface area contributed by atoms with Gasteiger partial charge in [0.1, 0.15) is 11.5 Å². The molecule has 0 bridgehead atoms. The molecule has 1 amide bonds. The molecule has 2 aliphatic heterocycles. The monoisotopic (exact) mass is 911 g/mol. The van der Waals surface area contributed by atoms with Gasteiger partial charge in [0, 0.05) is 68.5 Å². The minimum atomic E-state index is -0.885. The lowest BCUT2D eigenvalue weighted by Crippen LogP contribution is -2.49. The second kappa shape index (κ2) is 25.6. The van der Waals surface area contributed by atoms with Crippen LogP contribution in [0, 0.1) is 22.9 Å². The van der Waals surface area contributed by atoms with Crippen molar-refractivity contribution in [1.82, 2.24) is 26.6 Å². The molecule has 8 N–H and O–H groups in total. The molecule has 15 nitrogen and oxygen atoms in total. The van der Waals surface area contributed by atoms with Crippen molar-refractivity contribution in [3.63, 3.8) is 0 Å². The van der Waals surface area contributed by atoms with Gasteiger partial charge in [-0.2, -0.15) is 10.5 Å². The summed E-state index contributed by atoms with van der Waals surface area (Å²) in [6.07, 6.45) is 13.3. The minimum absolute atomic E-state index is 0.0473. The van der Waals surface area contributed by atoms with Gasteiger partial charge in [0.05, 0.1) is 18.8 Å². The smallest absolute Gasteiger partial charge is 0.335 e. The minimum Gasteiger partial charge on any atom is -0.493 e. The summed E-state index contributed by atoms with van der Waals surface area (Å²) in [6, 6.07) is 32.2. The summed E-state index contributed by atoms with van der Waals surface area (Å²) in [4.78, 5) is 31.6.